The molecule has 0 aliphatic rings. The molecule has 100 valence electrons. The number of rotatable bonds is 6. The first-order valence-electron chi connectivity index (χ1n) is 6.15. The highest BCUT2D eigenvalue weighted by Crippen LogP contribution is 2.27. The monoisotopic (exact) mass is 275 g/mol. The molecule has 0 unspecified atom stereocenters. The molecule has 5 heteroatoms. The first kappa shape index (κ1) is 13.8. The topological polar surface area (TPSA) is 47.0 Å². The smallest absolute Gasteiger partial charge is 0.157 e. The fourth-order valence-electron chi connectivity index (χ4n) is 1.60. The average Bonchev–Trinajstić information content (AvgIpc) is 2.40. The number of nitrogens with one attached hydrogen (secondary N) is 1. The molecule has 4 nitrogen and oxygen atoms in total. The molecule has 1 aromatic heterocycles. The lowest BCUT2D eigenvalue weighted by Crippen LogP contribution is -2.05. The van der Waals surface area contributed by atoms with E-state index in [-0.39, 0.29) is 0 Å². The van der Waals surface area contributed by atoms with Gasteiger partial charge in [-0.05, 0) is 19.1 Å². The van der Waals surface area contributed by atoms with E-state index >= 15 is 0 Å². The standard InChI is InChI=1S/C14H17N3OS/c1-3-15-12-9-14(17-13(16-12)10-18-2)19-11-7-5-4-6-8-11/h4-9H,3,10H2,1-2H3,(H,15,16,17). The number of hydrogen-bond acceptors (Lipinski definition) is 5. The third kappa shape index (κ3) is 4.22. The first-order valence-corrected chi connectivity index (χ1v) is 6.97. The van der Waals surface area contributed by atoms with E-state index in [1.165, 1.54) is 0 Å². The van der Waals surface area contributed by atoms with Gasteiger partial charge in [-0.1, -0.05) is 30.0 Å². The number of methoxy groups -OCH3 is 1. The van der Waals surface area contributed by atoms with Crippen molar-refractivity contribution in [1.82, 2.24) is 9.97 Å². The highest BCUT2D eigenvalue weighted by atomic mass is 32.2. The molecule has 0 amide bonds. The van der Waals surface area contributed by atoms with Crippen molar-refractivity contribution in [3.05, 3.63) is 42.2 Å². The van der Waals surface area contributed by atoms with Crippen LogP contribution in [0.25, 0.3) is 0 Å². The van der Waals surface area contributed by atoms with Crippen molar-refractivity contribution in [3.63, 3.8) is 0 Å². The second-order valence-corrected chi connectivity index (χ2v) is 4.98. The Balaban J connectivity index is 2.23. The van der Waals surface area contributed by atoms with E-state index in [4.69, 9.17) is 4.74 Å². The van der Waals surface area contributed by atoms with Crippen molar-refractivity contribution in [3.8, 4) is 0 Å². The van der Waals surface area contributed by atoms with Gasteiger partial charge in [-0.25, -0.2) is 9.97 Å². The zero-order valence-corrected chi connectivity index (χ0v) is 11.9. The van der Waals surface area contributed by atoms with Crippen LogP contribution in [-0.2, 0) is 11.3 Å². The zero-order chi connectivity index (χ0) is 13.5. The molecule has 19 heavy (non-hydrogen) atoms. The molecule has 1 heterocycles. The Hall–Kier alpha value is -1.59. The third-order valence-corrected chi connectivity index (χ3v) is 3.27. The van der Waals surface area contributed by atoms with Gasteiger partial charge in [-0.2, -0.15) is 0 Å². The van der Waals surface area contributed by atoms with Crippen molar-refractivity contribution in [2.24, 2.45) is 0 Å². The van der Waals surface area contributed by atoms with E-state index in [0.29, 0.717) is 12.4 Å². The van der Waals surface area contributed by atoms with Crippen LogP contribution in [0.2, 0.25) is 0 Å². The van der Waals surface area contributed by atoms with Gasteiger partial charge in [0.2, 0.25) is 0 Å². The molecule has 1 aromatic carbocycles. The van der Waals surface area contributed by atoms with Gasteiger partial charge >= 0.3 is 0 Å². The van der Waals surface area contributed by atoms with Crippen LogP contribution >= 0.6 is 11.8 Å². The van der Waals surface area contributed by atoms with Crippen molar-refractivity contribution < 1.29 is 4.74 Å². The number of ether oxygens (including phenoxy) is 1. The molecule has 0 fully saturated rings. The van der Waals surface area contributed by atoms with Crippen molar-refractivity contribution in [2.75, 3.05) is 19.0 Å². The van der Waals surface area contributed by atoms with E-state index in [9.17, 15) is 0 Å². The summed E-state index contributed by atoms with van der Waals surface area (Å²) in [5.41, 5.74) is 0. The molecular formula is C14H17N3OS. The van der Waals surface area contributed by atoms with E-state index in [1.54, 1.807) is 18.9 Å². The van der Waals surface area contributed by atoms with Crippen molar-refractivity contribution >= 4 is 17.6 Å². The van der Waals surface area contributed by atoms with E-state index in [2.05, 4.69) is 27.4 Å². The number of anilines is 1. The Morgan fingerprint density at radius 3 is 2.68 bits per heavy atom. The lowest BCUT2D eigenvalue weighted by atomic mass is 10.4. The van der Waals surface area contributed by atoms with Gasteiger partial charge in [0, 0.05) is 24.6 Å². The van der Waals surface area contributed by atoms with Crippen LogP contribution in [0.5, 0.6) is 0 Å². The molecule has 2 rings (SSSR count). The third-order valence-electron chi connectivity index (χ3n) is 2.35. The van der Waals surface area contributed by atoms with Crippen molar-refractivity contribution in [1.29, 1.82) is 0 Å². The van der Waals surface area contributed by atoms with Crippen LogP contribution in [0.15, 0.2) is 46.3 Å². The summed E-state index contributed by atoms with van der Waals surface area (Å²) in [4.78, 5) is 10.0. The first-order chi connectivity index (χ1) is 9.31. The Kier molecular flexibility index (Phi) is 5.18. The number of aromatic nitrogens is 2. The Morgan fingerprint density at radius 2 is 2.00 bits per heavy atom. The molecule has 0 spiro atoms. The lowest BCUT2D eigenvalue weighted by Gasteiger charge is -2.08. The Morgan fingerprint density at radius 1 is 1.21 bits per heavy atom. The molecule has 0 aliphatic heterocycles. The minimum absolute atomic E-state index is 0.418. The average molecular weight is 275 g/mol. The van der Waals surface area contributed by atoms with Gasteiger partial charge in [0.05, 0.1) is 0 Å². The maximum atomic E-state index is 5.10. The fraction of sp³-hybridized carbons (Fsp3) is 0.286. The van der Waals surface area contributed by atoms with Crippen LogP contribution in [0.4, 0.5) is 5.82 Å². The highest BCUT2D eigenvalue weighted by Gasteiger charge is 2.05. The number of benzene rings is 1. The molecule has 0 atom stereocenters. The largest absolute Gasteiger partial charge is 0.377 e. The zero-order valence-electron chi connectivity index (χ0n) is 11.1. The summed E-state index contributed by atoms with van der Waals surface area (Å²) in [5.74, 6) is 1.53. The maximum absolute atomic E-state index is 5.10. The SMILES string of the molecule is CCNc1cc(Sc2ccccc2)nc(COC)n1. The van der Waals surface area contributed by atoms with Gasteiger partial charge < -0.3 is 10.1 Å². The molecule has 0 saturated carbocycles. The number of hydrogen-bond donors (Lipinski definition) is 1. The summed E-state index contributed by atoms with van der Waals surface area (Å²) in [7, 11) is 1.65. The van der Waals surface area contributed by atoms with Gasteiger partial charge in [0.15, 0.2) is 5.82 Å². The summed E-state index contributed by atoms with van der Waals surface area (Å²) in [6.45, 7) is 3.29. The second kappa shape index (κ2) is 7.11. The quantitative estimate of drug-likeness (QED) is 0.820. The molecule has 0 bridgehead atoms. The molecule has 2 aromatic rings. The van der Waals surface area contributed by atoms with E-state index < -0.39 is 0 Å². The second-order valence-electron chi connectivity index (χ2n) is 3.89. The summed E-state index contributed by atoms with van der Waals surface area (Å²) in [6, 6.07) is 12.1. The molecule has 1 N–H and O–H groups in total. The van der Waals surface area contributed by atoms with Gasteiger partial charge in [-0.3, -0.25) is 0 Å². The summed E-state index contributed by atoms with van der Waals surface area (Å²) >= 11 is 1.62. The molecule has 0 saturated heterocycles. The van der Waals surface area contributed by atoms with Crippen LogP contribution < -0.4 is 5.32 Å². The number of nitrogens with zero attached hydrogens (tertiary/aromatic N) is 2. The summed E-state index contributed by atoms with van der Waals surface area (Å²) in [5, 5.41) is 4.13. The predicted molar refractivity (Wildman–Crippen MR) is 77.5 cm³/mol. The normalized spacial score (nSPS) is 10.4. The van der Waals surface area contributed by atoms with Crippen LogP contribution in [0, 0.1) is 0 Å². The van der Waals surface area contributed by atoms with Crippen LogP contribution in [-0.4, -0.2) is 23.6 Å². The lowest BCUT2D eigenvalue weighted by molar-refractivity contribution is 0.177. The Bertz CT molecular complexity index is 495. The van der Waals surface area contributed by atoms with Gasteiger partial charge in [0.25, 0.3) is 0 Å². The highest BCUT2D eigenvalue weighted by molar-refractivity contribution is 7.99. The van der Waals surface area contributed by atoms with Gasteiger partial charge in [-0.15, -0.1) is 0 Å². The van der Waals surface area contributed by atoms with Crippen molar-refractivity contribution in [2.45, 2.75) is 23.5 Å². The predicted octanol–water partition coefficient (Wildman–Crippen LogP) is 3.21. The maximum Gasteiger partial charge on any atom is 0.157 e. The summed E-state index contributed by atoms with van der Waals surface area (Å²) < 4.78 is 5.10. The van der Waals surface area contributed by atoms with Crippen LogP contribution in [0.1, 0.15) is 12.7 Å². The minimum atomic E-state index is 0.418. The van der Waals surface area contributed by atoms with Crippen LogP contribution in [0.3, 0.4) is 0 Å². The molecule has 0 aliphatic carbocycles. The molecular weight excluding hydrogens is 258 g/mol. The van der Waals surface area contributed by atoms with Gasteiger partial charge in [0.1, 0.15) is 17.5 Å². The van der Waals surface area contributed by atoms with E-state index in [0.717, 1.165) is 22.3 Å². The Labute approximate surface area is 117 Å². The summed E-state index contributed by atoms with van der Waals surface area (Å²) in [6.07, 6.45) is 0. The molecule has 0 radical (unpaired) electrons. The van der Waals surface area contributed by atoms with E-state index in [1.807, 2.05) is 31.2 Å². The fourth-order valence-corrected chi connectivity index (χ4v) is 2.46. The minimum Gasteiger partial charge on any atom is -0.377 e.